The third kappa shape index (κ3) is 3.18. The van der Waals surface area contributed by atoms with E-state index in [-0.39, 0.29) is 0 Å². The molecule has 3 aromatic rings. The van der Waals surface area contributed by atoms with Crippen LogP contribution in [-0.4, -0.2) is 19.4 Å². The maximum Gasteiger partial charge on any atom is 0.153 e. The number of rotatable bonds is 4. The predicted molar refractivity (Wildman–Crippen MR) is 87.0 cm³/mol. The van der Waals surface area contributed by atoms with Gasteiger partial charge in [-0.2, -0.15) is 5.10 Å². The topological polar surface area (TPSA) is 70.7 Å². The number of hydrogen-bond acceptors (Lipinski definition) is 4. The second-order valence-corrected chi connectivity index (χ2v) is 6.46. The summed E-state index contributed by atoms with van der Waals surface area (Å²) in [6.45, 7) is 1.90. The fraction of sp³-hybridized carbons (Fsp3) is 0.0667. The average molecular weight is 333 g/mol. The molecule has 0 radical (unpaired) electrons. The third-order valence-corrected chi connectivity index (χ3v) is 4.57. The number of hydrogen-bond donors (Lipinski definition) is 2. The number of aromatic amines is 1. The van der Waals surface area contributed by atoms with Gasteiger partial charge in [0.15, 0.2) is 5.82 Å². The summed E-state index contributed by atoms with van der Waals surface area (Å²) in [4.78, 5) is 5.49. The van der Waals surface area contributed by atoms with E-state index in [1.165, 1.54) is 0 Å². The molecule has 22 heavy (non-hydrogen) atoms. The molecule has 1 atom stereocenters. The SMILES string of the molecule is Cc1cc(Nc2nc(Cl)ccc2S(=O)c2ccccc2)n[nH]1. The Balaban J connectivity index is 1.99. The van der Waals surface area contributed by atoms with Crippen molar-refractivity contribution in [3.63, 3.8) is 0 Å². The lowest BCUT2D eigenvalue weighted by atomic mass is 10.4. The molecule has 0 aliphatic heterocycles. The molecule has 2 heterocycles. The highest BCUT2D eigenvalue weighted by molar-refractivity contribution is 7.85. The van der Waals surface area contributed by atoms with Crippen molar-refractivity contribution in [3.05, 3.63) is 59.4 Å². The van der Waals surface area contributed by atoms with Crippen molar-refractivity contribution >= 4 is 34.0 Å². The summed E-state index contributed by atoms with van der Waals surface area (Å²) in [5.74, 6) is 1.03. The molecular weight excluding hydrogens is 320 g/mol. The van der Waals surface area contributed by atoms with Crippen LogP contribution in [0.5, 0.6) is 0 Å². The number of nitrogens with one attached hydrogen (secondary N) is 2. The van der Waals surface area contributed by atoms with Gasteiger partial charge in [0.1, 0.15) is 11.0 Å². The highest BCUT2D eigenvalue weighted by atomic mass is 35.5. The van der Waals surface area contributed by atoms with Crippen LogP contribution < -0.4 is 5.32 Å². The highest BCUT2D eigenvalue weighted by Gasteiger charge is 2.15. The summed E-state index contributed by atoms with van der Waals surface area (Å²) in [7, 11) is -1.36. The van der Waals surface area contributed by atoms with Gasteiger partial charge in [-0.1, -0.05) is 29.8 Å². The molecule has 3 rings (SSSR count). The van der Waals surface area contributed by atoms with Gasteiger partial charge in [0.25, 0.3) is 0 Å². The number of nitrogens with zero attached hydrogens (tertiary/aromatic N) is 2. The number of halogens is 1. The predicted octanol–water partition coefficient (Wildman–Crippen LogP) is 3.68. The smallest absolute Gasteiger partial charge is 0.153 e. The maximum atomic E-state index is 12.7. The van der Waals surface area contributed by atoms with E-state index in [9.17, 15) is 4.21 Å². The zero-order chi connectivity index (χ0) is 15.5. The van der Waals surface area contributed by atoms with Crippen molar-refractivity contribution < 1.29 is 4.21 Å². The van der Waals surface area contributed by atoms with Gasteiger partial charge in [0.2, 0.25) is 0 Å². The number of pyridine rings is 1. The van der Waals surface area contributed by atoms with Gasteiger partial charge in [-0.25, -0.2) is 9.19 Å². The van der Waals surface area contributed by atoms with Crippen molar-refractivity contribution in [1.29, 1.82) is 0 Å². The molecule has 1 unspecified atom stereocenters. The van der Waals surface area contributed by atoms with Crippen LogP contribution in [0.2, 0.25) is 5.15 Å². The minimum atomic E-state index is -1.36. The van der Waals surface area contributed by atoms with E-state index in [0.717, 1.165) is 5.69 Å². The summed E-state index contributed by atoms with van der Waals surface area (Å²) < 4.78 is 12.7. The molecule has 0 amide bonds. The second-order valence-electron chi connectivity index (χ2n) is 4.62. The monoisotopic (exact) mass is 332 g/mol. The van der Waals surface area contributed by atoms with Crippen molar-refractivity contribution in [2.24, 2.45) is 0 Å². The number of benzene rings is 1. The van der Waals surface area contributed by atoms with E-state index in [4.69, 9.17) is 11.6 Å². The lowest BCUT2D eigenvalue weighted by Crippen LogP contribution is -2.02. The molecular formula is C15H13ClN4OS. The van der Waals surface area contributed by atoms with Gasteiger partial charge in [0, 0.05) is 16.7 Å². The fourth-order valence-corrected chi connectivity index (χ4v) is 3.21. The Hall–Kier alpha value is -2.18. The van der Waals surface area contributed by atoms with E-state index in [1.54, 1.807) is 12.1 Å². The Morgan fingerprint density at radius 2 is 1.95 bits per heavy atom. The van der Waals surface area contributed by atoms with Gasteiger partial charge >= 0.3 is 0 Å². The van der Waals surface area contributed by atoms with Crippen LogP contribution in [0.1, 0.15) is 5.69 Å². The summed E-state index contributed by atoms with van der Waals surface area (Å²) >= 11 is 5.96. The Morgan fingerprint density at radius 1 is 1.18 bits per heavy atom. The quantitative estimate of drug-likeness (QED) is 0.715. The van der Waals surface area contributed by atoms with E-state index in [2.05, 4.69) is 20.5 Å². The molecule has 112 valence electrons. The van der Waals surface area contributed by atoms with Gasteiger partial charge in [0.05, 0.1) is 15.7 Å². The van der Waals surface area contributed by atoms with E-state index in [1.807, 2.05) is 43.3 Å². The lowest BCUT2D eigenvalue weighted by molar-refractivity contribution is 0.683. The van der Waals surface area contributed by atoms with Gasteiger partial charge < -0.3 is 5.32 Å². The average Bonchev–Trinajstić information content (AvgIpc) is 2.93. The molecule has 0 fully saturated rings. The molecule has 0 bridgehead atoms. The molecule has 0 aliphatic carbocycles. The lowest BCUT2D eigenvalue weighted by Gasteiger charge is -2.09. The van der Waals surface area contributed by atoms with Crippen LogP contribution in [0.25, 0.3) is 0 Å². The fourth-order valence-electron chi connectivity index (χ4n) is 1.94. The first-order valence-corrected chi connectivity index (χ1v) is 8.08. The van der Waals surface area contributed by atoms with Crippen molar-refractivity contribution in [3.8, 4) is 0 Å². The minimum Gasteiger partial charge on any atom is -0.322 e. The Kier molecular flexibility index (Phi) is 4.22. The molecule has 0 saturated heterocycles. The van der Waals surface area contributed by atoms with E-state index >= 15 is 0 Å². The standard InChI is InChI=1S/C15H13ClN4OS/c1-10-9-14(20-19-10)18-15-12(7-8-13(16)17-15)22(21)11-5-3-2-4-6-11/h2-9H,1H3,(H2,17,18,19,20). The van der Waals surface area contributed by atoms with Gasteiger partial charge in [-0.05, 0) is 31.2 Å². The van der Waals surface area contributed by atoms with Crippen LogP contribution in [0, 0.1) is 6.92 Å². The third-order valence-electron chi connectivity index (χ3n) is 2.93. The molecule has 0 aliphatic rings. The molecule has 0 saturated carbocycles. The summed E-state index contributed by atoms with van der Waals surface area (Å²) in [5, 5.41) is 10.3. The molecule has 5 nitrogen and oxygen atoms in total. The largest absolute Gasteiger partial charge is 0.322 e. The molecule has 1 aromatic carbocycles. The minimum absolute atomic E-state index is 0.323. The Morgan fingerprint density at radius 3 is 2.64 bits per heavy atom. The number of aromatic nitrogens is 3. The highest BCUT2D eigenvalue weighted by Crippen LogP contribution is 2.26. The van der Waals surface area contributed by atoms with Crippen LogP contribution in [0.4, 0.5) is 11.6 Å². The Labute approximate surface area is 135 Å². The summed E-state index contributed by atoms with van der Waals surface area (Å²) in [5.41, 5.74) is 0.912. The van der Waals surface area contributed by atoms with Crippen molar-refractivity contribution in [2.75, 3.05) is 5.32 Å². The van der Waals surface area contributed by atoms with Crippen LogP contribution in [-0.2, 0) is 10.8 Å². The van der Waals surface area contributed by atoms with Gasteiger partial charge in [-0.15, -0.1) is 0 Å². The van der Waals surface area contributed by atoms with E-state index in [0.29, 0.717) is 26.6 Å². The Bertz CT molecular complexity index is 819. The first-order valence-electron chi connectivity index (χ1n) is 6.56. The van der Waals surface area contributed by atoms with Crippen molar-refractivity contribution in [2.45, 2.75) is 16.7 Å². The normalized spacial score (nSPS) is 12.1. The number of anilines is 2. The second kappa shape index (κ2) is 6.29. The summed E-state index contributed by atoms with van der Waals surface area (Å²) in [6, 6.07) is 14.4. The number of H-pyrrole nitrogens is 1. The van der Waals surface area contributed by atoms with E-state index < -0.39 is 10.8 Å². The first-order chi connectivity index (χ1) is 10.6. The molecule has 2 N–H and O–H groups in total. The zero-order valence-corrected chi connectivity index (χ0v) is 13.3. The summed E-state index contributed by atoms with van der Waals surface area (Å²) in [6.07, 6.45) is 0. The zero-order valence-electron chi connectivity index (χ0n) is 11.7. The van der Waals surface area contributed by atoms with Gasteiger partial charge in [-0.3, -0.25) is 5.10 Å². The van der Waals surface area contributed by atoms with Crippen LogP contribution in [0.3, 0.4) is 0 Å². The van der Waals surface area contributed by atoms with Crippen LogP contribution >= 0.6 is 11.6 Å². The molecule has 7 heteroatoms. The van der Waals surface area contributed by atoms with Crippen LogP contribution in [0.15, 0.2) is 58.3 Å². The van der Waals surface area contributed by atoms with Crippen molar-refractivity contribution in [1.82, 2.24) is 15.2 Å². The number of aryl methyl sites for hydroxylation is 1. The maximum absolute atomic E-state index is 12.7. The molecule has 2 aromatic heterocycles. The first kappa shape index (κ1) is 14.7. The molecule has 0 spiro atoms.